The molecular formula is C17H20N2O5. The van der Waals surface area contributed by atoms with Gasteiger partial charge < -0.3 is 19.9 Å². The lowest BCUT2D eigenvalue weighted by atomic mass is 9.83. The van der Waals surface area contributed by atoms with Gasteiger partial charge >= 0.3 is 11.9 Å². The van der Waals surface area contributed by atoms with Gasteiger partial charge in [0, 0.05) is 17.6 Å². The van der Waals surface area contributed by atoms with Crippen LogP contribution in [0.25, 0.3) is 0 Å². The van der Waals surface area contributed by atoms with Crippen molar-refractivity contribution in [1.29, 1.82) is 0 Å². The molecule has 0 fully saturated rings. The van der Waals surface area contributed by atoms with E-state index in [1.54, 1.807) is 38.2 Å². The zero-order chi connectivity index (χ0) is 17.7. The van der Waals surface area contributed by atoms with Gasteiger partial charge in [0.2, 0.25) is 0 Å². The van der Waals surface area contributed by atoms with Crippen LogP contribution in [0.3, 0.4) is 0 Å². The van der Waals surface area contributed by atoms with Gasteiger partial charge in [-0.25, -0.2) is 9.59 Å². The van der Waals surface area contributed by atoms with Gasteiger partial charge in [-0.15, -0.1) is 0 Å². The third kappa shape index (κ3) is 3.46. The van der Waals surface area contributed by atoms with Crippen molar-refractivity contribution in [3.05, 3.63) is 52.6 Å². The van der Waals surface area contributed by atoms with E-state index in [-0.39, 0.29) is 18.8 Å². The van der Waals surface area contributed by atoms with Gasteiger partial charge in [0.15, 0.2) is 0 Å². The Morgan fingerprint density at radius 2 is 1.88 bits per heavy atom. The molecule has 1 aliphatic heterocycles. The topological polar surface area (TPSA) is 97.8 Å². The van der Waals surface area contributed by atoms with Crippen molar-refractivity contribution in [3.63, 3.8) is 0 Å². The van der Waals surface area contributed by atoms with E-state index in [4.69, 9.17) is 14.6 Å². The third-order valence-electron chi connectivity index (χ3n) is 3.69. The number of carbonyl (C=O) groups excluding carboxylic acids is 2. The van der Waals surface area contributed by atoms with Gasteiger partial charge in [-0.2, -0.15) is 0 Å². The number of aliphatic hydroxyl groups is 1. The molecule has 0 saturated carbocycles. The van der Waals surface area contributed by atoms with E-state index in [9.17, 15) is 9.59 Å². The van der Waals surface area contributed by atoms with Crippen LogP contribution in [0, 0.1) is 0 Å². The monoisotopic (exact) mass is 332 g/mol. The van der Waals surface area contributed by atoms with Crippen molar-refractivity contribution < 1.29 is 24.2 Å². The average molecular weight is 332 g/mol. The number of ether oxygens (including phenoxy) is 2. The van der Waals surface area contributed by atoms with Crippen LogP contribution in [0.15, 0.2) is 46.9 Å². The fraction of sp³-hybridized carbons (Fsp3) is 0.353. The summed E-state index contributed by atoms with van der Waals surface area (Å²) in [5.74, 6) is -1.86. The first-order valence-corrected chi connectivity index (χ1v) is 7.47. The molecule has 1 aromatic heterocycles. The number of hydrogen-bond donors (Lipinski definition) is 2. The Balaban J connectivity index is 2.56. The molecule has 0 spiro atoms. The molecule has 0 saturated heterocycles. The predicted octanol–water partition coefficient (Wildman–Crippen LogP) is 1.02. The lowest BCUT2D eigenvalue weighted by molar-refractivity contribution is -0.140. The van der Waals surface area contributed by atoms with E-state index >= 15 is 0 Å². The SMILES string of the molecule is COC(=O)C1=C(C)NC(C)=C(C(=O)OCCO)C1c1ccccn1. The fourth-order valence-electron chi connectivity index (χ4n) is 2.70. The number of pyridine rings is 1. The third-order valence-corrected chi connectivity index (χ3v) is 3.69. The van der Waals surface area contributed by atoms with Crippen LogP contribution in [0.4, 0.5) is 0 Å². The highest BCUT2D eigenvalue weighted by molar-refractivity contribution is 5.99. The number of rotatable bonds is 5. The Hall–Kier alpha value is -2.67. The van der Waals surface area contributed by atoms with E-state index in [1.807, 2.05) is 0 Å². The second kappa shape index (κ2) is 7.74. The minimum absolute atomic E-state index is 0.124. The number of aliphatic hydroxyl groups excluding tert-OH is 1. The van der Waals surface area contributed by atoms with E-state index in [0.29, 0.717) is 22.7 Å². The first kappa shape index (κ1) is 17.7. The lowest BCUT2D eigenvalue weighted by Gasteiger charge is -2.29. The van der Waals surface area contributed by atoms with Gasteiger partial charge in [0.1, 0.15) is 6.61 Å². The molecule has 7 nitrogen and oxygen atoms in total. The standard InChI is InChI=1S/C17H20N2O5/c1-10-13(16(21)23-3)15(12-6-4-5-7-18-12)14(11(2)19-10)17(22)24-9-8-20/h4-7,15,19-20H,8-9H2,1-3H3. The number of nitrogens with one attached hydrogen (secondary N) is 1. The zero-order valence-electron chi connectivity index (χ0n) is 13.8. The molecule has 0 radical (unpaired) electrons. The number of carbonyl (C=O) groups is 2. The van der Waals surface area contributed by atoms with E-state index in [2.05, 4.69) is 10.3 Å². The van der Waals surface area contributed by atoms with Crippen molar-refractivity contribution in [2.75, 3.05) is 20.3 Å². The normalized spacial score (nSPS) is 17.4. The highest BCUT2D eigenvalue weighted by atomic mass is 16.5. The molecule has 1 atom stereocenters. The highest BCUT2D eigenvalue weighted by Crippen LogP contribution is 2.38. The quantitative estimate of drug-likeness (QED) is 0.777. The molecule has 0 bridgehead atoms. The number of methoxy groups -OCH3 is 1. The van der Waals surface area contributed by atoms with E-state index < -0.39 is 17.9 Å². The number of esters is 2. The summed E-state index contributed by atoms with van der Waals surface area (Å²) in [6, 6.07) is 5.26. The van der Waals surface area contributed by atoms with Gasteiger partial charge in [-0.1, -0.05) is 6.07 Å². The summed E-state index contributed by atoms with van der Waals surface area (Å²) in [5.41, 5.74) is 2.27. The maximum absolute atomic E-state index is 12.5. The molecule has 24 heavy (non-hydrogen) atoms. The maximum Gasteiger partial charge on any atom is 0.336 e. The molecule has 1 aromatic rings. The van der Waals surface area contributed by atoms with E-state index in [1.165, 1.54) is 7.11 Å². The molecule has 1 aliphatic rings. The molecule has 0 amide bonds. The molecular weight excluding hydrogens is 312 g/mol. The Morgan fingerprint density at radius 1 is 1.21 bits per heavy atom. The fourth-order valence-corrected chi connectivity index (χ4v) is 2.70. The van der Waals surface area contributed by atoms with Gasteiger partial charge in [0.05, 0.1) is 36.5 Å². The molecule has 7 heteroatoms. The summed E-state index contributed by atoms with van der Waals surface area (Å²) in [6.45, 7) is 3.06. The lowest BCUT2D eigenvalue weighted by Crippen LogP contribution is -2.32. The minimum Gasteiger partial charge on any atom is -0.466 e. The molecule has 128 valence electrons. The van der Waals surface area contributed by atoms with Crippen molar-refractivity contribution in [1.82, 2.24) is 10.3 Å². The zero-order valence-corrected chi connectivity index (χ0v) is 13.8. The molecule has 2 heterocycles. The van der Waals surface area contributed by atoms with Crippen LogP contribution in [-0.4, -0.2) is 42.4 Å². The van der Waals surface area contributed by atoms with Crippen molar-refractivity contribution in [2.24, 2.45) is 0 Å². The number of nitrogens with zero attached hydrogens (tertiary/aromatic N) is 1. The first-order chi connectivity index (χ1) is 11.5. The van der Waals surface area contributed by atoms with Crippen molar-refractivity contribution >= 4 is 11.9 Å². The second-order valence-corrected chi connectivity index (χ2v) is 5.24. The van der Waals surface area contributed by atoms with Crippen LogP contribution in [-0.2, 0) is 19.1 Å². The van der Waals surface area contributed by atoms with Gasteiger partial charge in [-0.05, 0) is 26.0 Å². The van der Waals surface area contributed by atoms with Crippen LogP contribution in [0.2, 0.25) is 0 Å². The maximum atomic E-state index is 12.5. The van der Waals surface area contributed by atoms with Gasteiger partial charge in [-0.3, -0.25) is 4.98 Å². The van der Waals surface area contributed by atoms with Crippen LogP contribution in [0.1, 0.15) is 25.5 Å². The second-order valence-electron chi connectivity index (χ2n) is 5.24. The average Bonchev–Trinajstić information content (AvgIpc) is 2.59. The van der Waals surface area contributed by atoms with Crippen LogP contribution >= 0.6 is 0 Å². The number of allylic oxidation sites excluding steroid dienone is 2. The Bertz CT molecular complexity index is 694. The molecule has 0 aromatic carbocycles. The Labute approximate surface area is 140 Å². The summed E-state index contributed by atoms with van der Waals surface area (Å²) < 4.78 is 9.94. The van der Waals surface area contributed by atoms with Gasteiger partial charge in [0.25, 0.3) is 0 Å². The summed E-state index contributed by atoms with van der Waals surface area (Å²) in [7, 11) is 1.28. The van der Waals surface area contributed by atoms with Crippen LogP contribution in [0.5, 0.6) is 0 Å². The largest absolute Gasteiger partial charge is 0.466 e. The Kier molecular flexibility index (Phi) is 5.70. The van der Waals surface area contributed by atoms with Crippen LogP contribution < -0.4 is 5.32 Å². The number of hydrogen-bond acceptors (Lipinski definition) is 7. The highest BCUT2D eigenvalue weighted by Gasteiger charge is 2.38. The van der Waals surface area contributed by atoms with Crippen molar-refractivity contribution in [2.45, 2.75) is 19.8 Å². The van der Waals surface area contributed by atoms with Crippen molar-refractivity contribution in [3.8, 4) is 0 Å². The molecule has 1 unspecified atom stereocenters. The number of aromatic nitrogens is 1. The first-order valence-electron chi connectivity index (χ1n) is 7.47. The molecule has 0 aliphatic carbocycles. The Morgan fingerprint density at radius 3 is 2.42 bits per heavy atom. The summed E-state index contributed by atoms with van der Waals surface area (Å²) in [4.78, 5) is 29.1. The summed E-state index contributed by atoms with van der Waals surface area (Å²) in [6.07, 6.45) is 1.59. The molecule has 2 rings (SSSR count). The summed E-state index contributed by atoms with van der Waals surface area (Å²) in [5, 5.41) is 11.9. The summed E-state index contributed by atoms with van der Waals surface area (Å²) >= 11 is 0. The number of dihydropyridines is 1. The molecule has 2 N–H and O–H groups in total. The minimum atomic E-state index is -0.703. The van der Waals surface area contributed by atoms with E-state index in [0.717, 1.165) is 0 Å². The predicted molar refractivity (Wildman–Crippen MR) is 85.6 cm³/mol. The smallest absolute Gasteiger partial charge is 0.336 e.